The smallest absolute Gasteiger partial charge is 0.134 e. The van der Waals surface area contributed by atoms with Crippen LogP contribution in [-0.4, -0.2) is 26.1 Å². The zero-order chi connectivity index (χ0) is 11.8. The van der Waals surface area contributed by atoms with Crippen LogP contribution >= 0.6 is 11.8 Å². The van der Waals surface area contributed by atoms with Crippen LogP contribution in [0.15, 0.2) is 23.1 Å². The predicted octanol–water partition coefficient (Wildman–Crippen LogP) is 2.80. The van der Waals surface area contributed by atoms with E-state index in [1.807, 2.05) is 25.1 Å². The number of methoxy groups -OCH3 is 1. The molecule has 0 spiro atoms. The Hall–Kier alpha value is -0.870. The number of thioether (sulfide) groups is 1. The van der Waals surface area contributed by atoms with Gasteiger partial charge in [-0.05, 0) is 25.5 Å². The Balaban J connectivity index is 2.41. The van der Waals surface area contributed by atoms with E-state index in [1.54, 1.807) is 18.9 Å². The van der Waals surface area contributed by atoms with Crippen LogP contribution in [0.1, 0.15) is 13.3 Å². The molecule has 0 unspecified atom stereocenters. The van der Waals surface area contributed by atoms with Crippen molar-refractivity contribution in [1.82, 2.24) is 0 Å². The van der Waals surface area contributed by atoms with Crippen molar-refractivity contribution in [2.24, 2.45) is 0 Å². The summed E-state index contributed by atoms with van der Waals surface area (Å²) in [5.74, 6) is 1.88. The summed E-state index contributed by atoms with van der Waals surface area (Å²) < 4.78 is 10.6. The molecule has 0 aliphatic heterocycles. The molecule has 0 saturated heterocycles. The molecule has 1 aromatic rings. The van der Waals surface area contributed by atoms with Crippen molar-refractivity contribution in [2.45, 2.75) is 18.2 Å². The maximum absolute atomic E-state index is 5.69. The van der Waals surface area contributed by atoms with Gasteiger partial charge in [0.15, 0.2) is 0 Å². The minimum atomic E-state index is 0.732. The highest BCUT2D eigenvalue weighted by molar-refractivity contribution is 7.99. The van der Waals surface area contributed by atoms with Crippen molar-refractivity contribution >= 4 is 17.4 Å². The van der Waals surface area contributed by atoms with Gasteiger partial charge in [0.05, 0.1) is 7.11 Å². The lowest BCUT2D eigenvalue weighted by Crippen LogP contribution is -1.95. The van der Waals surface area contributed by atoms with Gasteiger partial charge in [-0.2, -0.15) is 0 Å². The van der Waals surface area contributed by atoms with Crippen molar-refractivity contribution in [3.63, 3.8) is 0 Å². The maximum Gasteiger partial charge on any atom is 0.134 e. The second-order valence-electron chi connectivity index (χ2n) is 3.31. The highest BCUT2D eigenvalue weighted by Gasteiger charge is 2.03. The maximum atomic E-state index is 5.69. The lowest BCUT2D eigenvalue weighted by atomic mass is 10.3. The van der Waals surface area contributed by atoms with Crippen LogP contribution in [0.5, 0.6) is 5.75 Å². The summed E-state index contributed by atoms with van der Waals surface area (Å²) in [6.45, 7) is 3.62. The number of anilines is 1. The SMILES string of the molecule is CCOCCCSc1ccc(N)cc1OC. The zero-order valence-corrected chi connectivity index (χ0v) is 10.7. The van der Waals surface area contributed by atoms with Crippen LogP contribution in [0.4, 0.5) is 5.69 Å². The lowest BCUT2D eigenvalue weighted by molar-refractivity contribution is 0.149. The number of benzene rings is 1. The van der Waals surface area contributed by atoms with E-state index in [9.17, 15) is 0 Å². The molecule has 0 radical (unpaired) electrons. The van der Waals surface area contributed by atoms with Gasteiger partial charge < -0.3 is 15.2 Å². The molecule has 0 aliphatic carbocycles. The van der Waals surface area contributed by atoms with Gasteiger partial charge in [0.2, 0.25) is 0 Å². The quantitative estimate of drug-likeness (QED) is 0.453. The number of nitrogens with two attached hydrogens (primary N) is 1. The topological polar surface area (TPSA) is 44.5 Å². The predicted molar refractivity (Wildman–Crippen MR) is 69.2 cm³/mol. The van der Waals surface area contributed by atoms with Gasteiger partial charge in [0, 0.05) is 35.6 Å². The van der Waals surface area contributed by atoms with Crippen molar-refractivity contribution in [1.29, 1.82) is 0 Å². The molecule has 2 N–H and O–H groups in total. The normalized spacial score (nSPS) is 10.4. The lowest BCUT2D eigenvalue weighted by Gasteiger charge is -2.08. The highest BCUT2D eigenvalue weighted by atomic mass is 32.2. The van der Waals surface area contributed by atoms with Gasteiger partial charge >= 0.3 is 0 Å². The zero-order valence-electron chi connectivity index (χ0n) is 9.86. The molecule has 16 heavy (non-hydrogen) atoms. The molecule has 0 amide bonds. The fraction of sp³-hybridized carbons (Fsp3) is 0.500. The Labute approximate surface area is 101 Å². The molecule has 0 bridgehead atoms. The van der Waals surface area contributed by atoms with Crippen LogP contribution in [0.3, 0.4) is 0 Å². The van der Waals surface area contributed by atoms with Gasteiger partial charge in [-0.15, -0.1) is 11.8 Å². The Morgan fingerprint density at radius 3 is 2.88 bits per heavy atom. The van der Waals surface area contributed by atoms with Crippen LogP contribution in [0, 0.1) is 0 Å². The molecule has 1 aromatic carbocycles. The van der Waals surface area contributed by atoms with E-state index in [1.165, 1.54) is 0 Å². The van der Waals surface area contributed by atoms with Crippen molar-refractivity contribution < 1.29 is 9.47 Å². The third kappa shape index (κ3) is 4.33. The standard InChI is InChI=1S/C12H19NO2S/c1-3-15-7-4-8-16-12-6-5-10(13)9-11(12)14-2/h5-6,9H,3-4,7-8,13H2,1-2H3. The molecule has 90 valence electrons. The van der Waals surface area contributed by atoms with Crippen LogP contribution in [0.25, 0.3) is 0 Å². The van der Waals surface area contributed by atoms with E-state index in [0.29, 0.717) is 0 Å². The summed E-state index contributed by atoms with van der Waals surface area (Å²) >= 11 is 1.77. The monoisotopic (exact) mass is 241 g/mol. The molecule has 0 atom stereocenters. The van der Waals surface area contributed by atoms with E-state index in [4.69, 9.17) is 15.2 Å². The summed E-state index contributed by atoms with van der Waals surface area (Å²) in [5.41, 5.74) is 6.42. The summed E-state index contributed by atoms with van der Waals surface area (Å²) in [6.07, 6.45) is 1.05. The average Bonchev–Trinajstić information content (AvgIpc) is 2.30. The van der Waals surface area contributed by atoms with E-state index in [0.717, 1.165) is 41.7 Å². The van der Waals surface area contributed by atoms with E-state index < -0.39 is 0 Å². The third-order valence-electron chi connectivity index (χ3n) is 2.08. The van der Waals surface area contributed by atoms with Gasteiger partial charge in [0.25, 0.3) is 0 Å². The number of nitrogen functional groups attached to an aromatic ring is 1. The molecule has 0 fully saturated rings. The Bertz CT molecular complexity index is 318. The molecule has 0 aliphatic rings. The van der Waals surface area contributed by atoms with Crippen LogP contribution < -0.4 is 10.5 Å². The number of hydrogen-bond acceptors (Lipinski definition) is 4. The minimum Gasteiger partial charge on any atom is -0.496 e. The van der Waals surface area contributed by atoms with Gasteiger partial charge in [-0.1, -0.05) is 0 Å². The van der Waals surface area contributed by atoms with Crippen molar-refractivity contribution in [3.05, 3.63) is 18.2 Å². The molecule has 0 aromatic heterocycles. The molecule has 4 heteroatoms. The highest BCUT2D eigenvalue weighted by Crippen LogP contribution is 2.31. The first-order valence-electron chi connectivity index (χ1n) is 5.42. The summed E-state index contributed by atoms with van der Waals surface area (Å²) in [6, 6.07) is 5.75. The molecule has 0 heterocycles. The first kappa shape index (κ1) is 13.2. The summed E-state index contributed by atoms with van der Waals surface area (Å²) in [7, 11) is 1.67. The second-order valence-corrected chi connectivity index (χ2v) is 4.45. The van der Waals surface area contributed by atoms with E-state index >= 15 is 0 Å². The van der Waals surface area contributed by atoms with Crippen LogP contribution in [0.2, 0.25) is 0 Å². The summed E-state index contributed by atoms with van der Waals surface area (Å²) in [4.78, 5) is 1.13. The molecule has 3 nitrogen and oxygen atoms in total. The van der Waals surface area contributed by atoms with Crippen LogP contribution in [-0.2, 0) is 4.74 Å². The Morgan fingerprint density at radius 1 is 1.38 bits per heavy atom. The largest absolute Gasteiger partial charge is 0.496 e. The first-order valence-corrected chi connectivity index (χ1v) is 6.40. The van der Waals surface area contributed by atoms with Gasteiger partial charge in [-0.3, -0.25) is 0 Å². The third-order valence-corrected chi connectivity index (χ3v) is 3.22. The minimum absolute atomic E-state index is 0.732. The fourth-order valence-electron chi connectivity index (χ4n) is 1.29. The second kappa shape index (κ2) is 7.41. The number of rotatable bonds is 7. The summed E-state index contributed by atoms with van der Waals surface area (Å²) in [5, 5.41) is 0. The number of hydrogen-bond donors (Lipinski definition) is 1. The Morgan fingerprint density at radius 2 is 2.19 bits per heavy atom. The van der Waals surface area contributed by atoms with Crippen molar-refractivity contribution in [2.75, 3.05) is 31.8 Å². The molecular weight excluding hydrogens is 222 g/mol. The van der Waals surface area contributed by atoms with Crippen molar-refractivity contribution in [3.8, 4) is 5.75 Å². The Kier molecular flexibility index (Phi) is 6.11. The molecular formula is C12H19NO2S. The average molecular weight is 241 g/mol. The van der Waals surface area contributed by atoms with Gasteiger partial charge in [-0.25, -0.2) is 0 Å². The van der Waals surface area contributed by atoms with E-state index in [-0.39, 0.29) is 0 Å². The fourth-order valence-corrected chi connectivity index (χ4v) is 2.22. The van der Waals surface area contributed by atoms with Gasteiger partial charge in [0.1, 0.15) is 5.75 Å². The molecule has 0 saturated carbocycles. The first-order chi connectivity index (χ1) is 7.77. The van der Waals surface area contributed by atoms with E-state index in [2.05, 4.69) is 0 Å². The molecule has 1 rings (SSSR count). The number of ether oxygens (including phenoxy) is 2.